The number of carbonyl (C=O) groups excluding carboxylic acids is 2. The molecule has 7 heteroatoms. The zero-order valence-corrected chi connectivity index (χ0v) is 16.7. The molecule has 1 N–H and O–H groups in total. The van der Waals surface area contributed by atoms with Gasteiger partial charge in [-0.3, -0.25) is 9.59 Å². The highest BCUT2D eigenvalue weighted by Gasteiger charge is 2.31. The SMILES string of the molecule is CCC(=O)N1c2ccc(S(=O)(=O)CCC(=O)N[C@@H](C)CC)cc2C[C@@H]1C. The molecule has 0 saturated carbocycles. The van der Waals surface area contributed by atoms with Crippen LogP contribution in [0, 0.1) is 0 Å². The first-order chi connectivity index (χ1) is 12.2. The molecular weight excluding hydrogens is 352 g/mol. The summed E-state index contributed by atoms with van der Waals surface area (Å²) in [6, 6.07) is 4.95. The number of nitrogens with zero attached hydrogens (tertiary/aromatic N) is 1. The van der Waals surface area contributed by atoms with Gasteiger partial charge in [-0.25, -0.2) is 8.42 Å². The maximum absolute atomic E-state index is 12.6. The number of amides is 2. The average molecular weight is 381 g/mol. The summed E-state index contributed by atoms with van der Waals surface area (Å²) in [5.41, 5.74) is 1.65. The number of fused-ring (bicyclic) bond motifs is 1. The molecule has 2 rings (SSSR count). The van der Waals surface area contributed by atoms with Crippen molar-refractivity contribution in [2.24, 2.45) is 0 Å². The Labute approximate surface area is 155 Å². The first kappa shape index (κ1) is 20.4. The van der Waals surface area contributed by atoms with Crippen molar-refractivity contribution in [2.45, 2.75) is 70.4 Å². The summed E-state index contributed by atoms with van der Waals surface area (Å²) >= 11 is 0. The van der Waals surface area contributed by atoms with E-state index in [0.29, 0.717) is 12.8 Å². The minimum Gasteiger partial charge on any atom is -0.354 e. The fourth-order valence-electron chi connectivity index (χ4n) is 3.15. The van der Waals surface area contributed by atoms with Crippen molar-refractivity contribution in [1.82, 2.24) is 5.32 Å². The molecular formula is C19H28N2O4S. The van der Waals surface area contributed by atoms with E-state index < -0.39 is 9.84 Å². The van der Waals surface area contributed by atoms with Crippen LogP contribution in [-0.4, -0.2) is 38.1 Å². The largest absolute Gasteiger partial charge is 0.354 e. The van der Waals surface area contributed by atoms with E-state index in [2.05, 4.69) is 5.32 Å². The first-order valence-corrected chi connectivity index (χ1v) is 10.8. The van der Waals surface area contributed by atoms with Gasteiger partial charge in [0.15, 0.2) is 9.84 Å². The third kappa shape index (κ3) is 4.44. The molecule has 0 aliphatic carbocycles. The standard InChI is InChI=1S/C19H28N2O4S/c1-5-13(3)20-18(22)9-10-26(24,25)16-7-8-17-15(12-16)11-14(4)21(17)19(23)6-2/h7-8,12-14H,5-6,9-11H2,1-4H3,(H,20,22)/t13-,14-/m0/s1. The number of nitrogens with one attached hydrogen (secondary N) is 1. The highest BCUT2D eigenvalue weighted by Crippen LogP contribution is 2.34. The van der Waals surface area contributed by atoms with Gasteiger partial charge >= 0.3 is 0 Å². The summed E-state index contributed by atoms with van der Waals surface area (Å²) in [5, 5.41) is 2.78. The molecule has 1 aromatic carbocycles. The number of hydrogen-bond donors (Lipinski definition) is 1. The van der Waals surface area contributed by atoms with Crippen LogP contribution in [0.25, 0.3) is 0 Å². The van der Waals surface area contributed by atoms with E-state index in [9.17, 15) is 18.0 Å². The van der Waals surface area contributed by atoms with Crippen LogP contribution in [0.3, 0.4) is 0 Å². The second kappa shape index (κ2) is 8.20. The molecule has 0 unspecified atom stereocenters. The van der Waals surface area contributed by atoms with Gasteiger partial charge in [-0.2, -0.15) is 0 Å². The van der Waals surface area contributed by atoms with Gasteiger partial charge in [0.05, 0.1) is 10.6 Å². The Morgan fingerprint density at radius 2 is 2.00 bits per heavy atom. The molecule has 26 heavy (non-hydrogen) atoms. The number of benzene rings is 1. The highest BCUT2D eigenvalue weighted by molar-refractivity contribution is 7.91. The van der Waals surface area contributed by atoms with Crippen LogP contribution >= 0.6 is 0 Å². The molecule has 1 aliphatic heterocycles. The van der Waals surface area contributed by atoms with Gasteiger partial charge in [0.2, 0.25) is 11.8 Å². The number of anilines is 1. The van der Waals surface area contributed by atoms with Crippen LogP contribution in [0.1, 0.15) is 52.5 Å². The van der Waals surface area contributed by atoms with Gasteiger partial charge in [-0.15, -0.1) is 0 Å². The molecule has 0 radical (unpaired) electrons. The molecule has 1 heterocycles. The van der Waals surface area contributed by atoms with Crippen LogP contribution in [0.15, 0.2) is 23.1 Å². The summed E-state index contributed by atoms with van der Waals surface area (Å²) in [6.07, 6.45) is 1.79. The molecule has 1 aromatic rings. The van der Waals surface area contributed by atoms with Gasteiger partial charge in [-0.1, -0.05) is 13.8 Å². The van der Waals surface area contributed by atoms with Gasteiger partial charge in [0, 0.05) is 30.6 Å². The average Bonchev–Trinajstić information content (AvgIpc) is 2.94. The molecule has 0 fully saturated rings. The lowest BCUT2D eigenvalue weighted by molar-refractivity contribution is -0.121. The summed E-state index contributed by atoms with van der Waals surface area (Å²) in [6.45, 7) is 7.62. The number of sulfone groups is 1. The van der Waals surface area contributed by atoms with E-state index in [4.69, 9.17) is 0 Å². The van der Waals surface area contributed by atoms with E-state index in [1.807, 2.05) is 27.7 Å². The summed E-state index contributed by atoms with van der Waals surface area (Å²) < 4.78 is 25.2. The van der Waals surface area contributed by atoms with Crippen LogP contribution < -0.4 is 10.2 Å². The summed E-state index contributed by atoms with van der Waals surface area (Å²) in [4.78, 5) is 25.9. The first-order valence-electron chi connectivity index (χ1n) is 9.16. The lowest BCUT2D eigenvalue weighted by atomic mass is 10.1. The Hall–Kier alpha value is -1.89. The van der Waals surface area contributed by atoms with Gasteiger partial charge < -0.3 is 10.2 Å². The number of carbonyl (C=O) groups is 2. The second-order valence-electron chi connectivity index (χ2n) is 6.91. The fraction of sp³-hybridized carbons (Fsp3) is 0.579. The minimum atomic E-state index is -3.54. The lowest BCUT2D eigenvalue weighted by Crippen LogP contribution is -2.35. The monoisotopic (exact) mass is 380 g/mol. The third-order valence-corrected chi connectivity index (χ3v) is 6.53. The van der Waals surface area contributed by atoms with Crippen molar-refractivity contribution >= 4 is 27.3 Å². The molecule has 0 bridgehead atoms. The van der Waals surface area contributed by atoms with Crippen molar-refractivity contribution in [3.8, 4) is 0 Å². The second-order valence-corrected chi connectivity index (χ2v) is 9.02. The van der Waals surface area contributed by atoms with Crippen LogP contribution in [0.2, 0.25) is 0 Å². The van der Waals surface area contributed by atoms with Crippen LogP contribution in [0.4, 0.5) is 5.69 Å². The van der Waals surface area contributed by atoms with Crippen LogP contribution in [0.5, 0.6) is 0 Å². The maximum atomic E-state index is 12.6. The molecule has 1 aliphatic rings. The van der Waals surface area contributed by atoms with Gasteiger partial charge in [0.25, 0.3) is 0 Å². The van der Waals surface area contributed by atoms with Crippen molar-refractivity contribution < 1.29 is 18.0 Å². The quantitative estimate of drug-likeness (QED) is 0.787. The van der Waals surface area contributed by atoms with Gasteiger partial charge in [0.1, 0.15) is 0 Å². The predicted octanol–water partition coefficient (Wildman–Crippen LogP) is 2.45. The summed E-state index contributed by atoms with van der Waals surface area (Å²) in [7, 11) is -3.54. The molecule has 0 aromatic heterocycles. The maximum Gasteiger partial charge on any atom is 0.226 e. The van der Waals surface area contributed by atoms with E-state index >= 15 is 0 Å². The van der Waals surface area contributed by atoms with E-state index in [1.54, 1.807) is 17.0 Å². The van der Waals surface area contributed by atoms with E-state index in [1.165, 1.54) is 6.07 Å². The fourth-order valence-corrected chi connectivity index (χ4v) is 4.43. The molecule has 2 amide bonds. The minimum absolute atomic E-state index is 0.0247. The van der Waals surface area contributed by atoms with Gasteiger partial charge in [-0.05, 0) is 50.5 Å². The topological polar surface area (TPSA) is 83.6 Å². The van der Waals surface area contributed by atoms with Crippen molar-refractivity contribution in [2.75, 3.05) is 10.7 Å². The van der Waals surface area contributed by atoms with E-state index in [-0.39, 0.29) is 41.0 Å². The normalized spacial score (nSPS) is 17.7. The summed E-state index contributed by atoms with van der Waals surface area (Å²) in [5.74, 6) is -0.438. The molecule has 144 valence electrons. The number of rotatable bonds is 7. The Morgan fingerprint density at radius 3 is 2.62 bits per heavy atom. The zero-order chi connectivity index (χ0) is 19.5. The Kier molecular flexibility index (Phi) is 6.44. The van der Waals surface area contributed by atoms with Crippen LogP contribution in [-0.2, 0) is 25.8 Å². The van der Waals surface area contributed by atoms with Crippen molar-refractivity contribution in [1.29, 1.82) is 0 Å². The Balaban J connectivity index is 2.14. The van der Waals surface area contributed by atoms with Crippen molar-refractivity contribution in [3.05, 3.63) is 23.8 Å². The molecule has 2 atom stereocenters. The molecule has 6 nitrogen and oxygen atoms in total. The molecule has 0 spiro atoms. The van der Waals surface area contributed by atoms with Crippen molar-refractivity contribution in [3.63, 3.8) is 0 Å². The third-order valence-electron chi connectivity index (χ3n) is 4.81. The lowest BCUT2D eigenvalue weighted by Gasteiger charge is -2.22. The predicted molar refractivity (Wildman–Crippen MR) is 102 cm³/mol. The number of hydrogen-bond acceptors (Lipinski definition) is 4. The van der Waals surface area contributed by atoms with E-state index in [0.717, 1.165) is 17.7 Å². The zero-order valence-electron chi connectivity index (χ0n) is 15.9. The smallest absolute Gasteiger partial charge is 0.226 e. The Bertz CT molecular complexity index is 789. The Morgan fingerprint density at radius 1 is 1.31 bits per heavy atom. The highest BCUT2D eigenvalue weighted by atomic mass is 32.2. The molecule has 0 saturated heterocycles.